The van der Waals surface area contributed by atoms with E-state index in [1.54, 1.807) is 0 Å². The summed E-state index contributed by atoms with van der Waals surface area (Å²) in [5.41, 5.74) is -0.546. The SMILES string of the molecule is Cc1c(F)c(F)c(O)c(Cl)c1F.[LiH]. The van der Waals surface area contributed by atoms with Gasteiger partial charge in [0.25, 0.3) is 0 Å². The van der Waals surface area contributed by atoms with E-state index in [0.717, 1.165) is 6.92 Å². The van der Waals surface area contributed by atoms with Gasteiger partial charge < -0.3 is 5.11 Å². The van der Waals surface area contributed by atoms with E-state index in [-0.39, 0.29) is 18.9 Å². The molecule has 0 spiro atoms. The van der Waals surface area contributed by atoms with Crippen LogP contribution in [0.5, 0.6) is 5.75 Å². The van der Waals surface area contributed by atoms with Crippen LogP contribution in [0.2, 0.25) is 5.02 Å². The summed E-state index contributed by atoms with van der Waals surface area (Å²) in [4.78, 5) is 0. The number of phenolic OH excluding ortho intramolecular Hbond substituents is 1. The molecule has 68 valence electrons. The first-order valence-electron chi connectivity index (χ1n) is 2.98. The van der Waals surface area contributed by atoms with Crippen molar-refractivity contribution in [1.29, 1.82) is 0 Å². The Morgan fingerprint density at radius 2 is 1.54 bits per heavy atom. The van der Waals surface area contributed by atoms with Crippen molar-refractivity contribution in [2.24, 2.45) is 0 Å². The Hall–Kier alpha value is -0.303. The summed E-state index contributed by atoms with van der Waals surface area (Å²) < 4.78 is 37.9. The van der Waals surface area contributed by atoms with Crippen LogP contribution < -0.4 is 0 Å². The Kier molecular flexibility index (Phi) is 4.17. The summed E-state index contributed by atoms with van der Waals surface area (Å²) in [6.45, 7) is 1.03. The number of hydrogen-bond donors (Lipinski definition) is 1. The molecule has 0 radical (unpaired) electrons. The molecule has 0 aliphatic heterocycles. The number of hydrogen-bond acceptors (Lipinski definition) is 1. The summed E-state index contributed by atoms with van der Waals surface area (Å²) in [5.74, 6) is -5.29. The molecule has 13 heavy (non-hydrogen) atoms. The van der Waals surface area contributed by atoms with Gasteiger partial charge >= 0.3 is 18.9 Å². The third kappa shape index (κ3) is 1.96. The second kappa shape index (κ2) is 4.27. The third-order valence-corrected chi connectivity index (χ3v) is 1.80. The Labute approximate surface area is 89.7 Å². The van der Waals surface area contributed by atoms with Crippen molar-refractivity contribution in [2.75, 3.05) is 0 Å². The molecular weight excluding hydrogens is 199 g/mol. The Bertz CT molecular complexity index is 238. The van der Waals surface area contributed by atoms with E-state index in [1.165, 1.54) is 0 Å². The maximum absolute atomic E-state index is 12.7. The van der Waals surface area contributed by atoms with Crippen LogP contribution in [0.4, 0.5) is 13.2 Å². The molecule has 0 amide bonds. The second-order valence-electron chi connectivity index (χ2n) is 2.23. The van der Waals surface area contributed by atoms with Crippen LogP contribution in [0.25, 0.3) is 0 Å². The minimum absolute atomic E-state index is 0. The predicted octanol–water partition coefficient (Wildman–Crippen LogP) is 2.12. The van der Waals surface area contributed by atoms with Crippen LogP contribution in [0, 0.1) is 24.4 Å². The van der Waals surface area contributed by atoms with Crippen molar-refractivity contribution in [3.8, 4) is 5.75 Å². The first-order valence-corrected chi connectivity index (χ1v) is 3.36. The van der Waals surface area contributed by atoms with Gasteiger partial charge in [-0.25, -0.2) is 8.78 Å². The van der Waals surface area contributed by atoms with Gasteiger partial charge in [-0.3, -0.25) is 0 Å². The first-order chi connectivity index (χ1) is 5.46. The van der Waals surface area contributed by atoms with Crippen LogP contribution in [0.3, 0.4) is 0 Å². The Morgan fingerprint density at radius 1 is 1.08 bits per heavy atom. The van der Waals surface area contributed by atoms with Gasteiger partial charge in [-0.05, 0) is 6.92 Å². The van der Waals surface area contributed by atoms with Crippen molar-refractivity contribution < 1.29 is 18.3 Å². The molecule has 0 unspecified atom stereocenters. The number of rotatable bonds is 0. The number of halogens is 4. The van der Waals surface area contributed by atoms with E-state index in [1.807, 2.05) is 0 Å². The average Bonchev–Trinajstić information content (AvgIpc) is 2.08. The Balaban J connectivity index is 0.00000144. The van der Waals surface area contributed by atoms with E-state index >= 15 is 0 Å². The molecule has 1 aromatic carbocycles. The fourth-order valence-corrected chi connectivity index (χ4v) is 0.955. The quantitative estimate of drug-likeness (QED) is 0.507. The van der Waals surface area contributed by atoms with E-state index in [0.29, 0.717) is 0 Å². The van der Waals surface area contributed by atoms with Gasteiger partial charge in [0, 0.05) is 5.56 Å². The normalized spacial score (nSPS) is 9.62. The molecule has 1 nitrogen and oxygen atoms in total. The van der Waals surface area contributed by atoms with Crippen molar-refractivity contribution in [2.45, 2.75) is 6.92 Å². The molecule has 1 rings (SSSR count). The zero-order valence-corrected chi connectivity index (χ0v) is 6.72. The minimum atomic E-state index is -1.53. The van der Waals surface area contributed by atoms with Gasteiger partial charge in [-0.1, -0.05) is 11.6 Å². The van der Waals surface area contributed by atoms with Crippen LogP contribution >= 0.6 is 11.6 Å². The predicted molar refractivity (Wildman–Crippen MR) is 44.9 cm³/mol. The average molecular weight is 205 g/mol. The summed E-state index contributed by atoms with van der Waals surface area (Å²) in [6.07, 6.45) is 0. The molecular formula is C7H5ClF3LiO. The van der Waals surface area contributed by atoms with Crippen LogP contribution in [0.15, 0.2) is 0 Å². The zero-order valence-electron chi connectivity index (χ0n) is 5.96. The summed E-state index contributed by atoms with van der Waals surface area (Å²) in [7, 11) is 0. The molecule has 0 aromatic heterocycles. The molecule has 0 fully saturated rings. The summed E-state index contributed by atoms with van der Waals surface area (Å²) in [6, 6.07) is 0. The number of aromatic hydroxyl groups is 1. The fourth-order valence-electron chi connectivity index (χ4n) is 0.730. The monoisotopic (exact) mass is 204 g/mol. The van der Waals surface area contributed by atoms with Crippen LogP contribution in [-0.2, 0) is 0 Å². The van der Waals surface area contributed by atoms with Crippen molar-refractivity contribution in [1.82, 2.24) is 0 Å². The maximum atomic E-state index is 12.7. The molecule has 0 heterocycles. The van der Waals surface area contributed by atoms with Gasteiger partial charge in [-0.15, -0.1) is 0 Å². The number of phenols is 1. The van der Waals surface area contributed by atoms with Crippen molar-refractivity contribution in [3.05, 3.63) is 28.0 Å². The zero-order chi connectivity index (χ0) is 9.46. The van der Waals surface area contributed by atoms with E-state index in [4.69, 9.17) is 16.7 Å². The molecule has 0 aliphatic rings. The van der Waals surface area contributed by atoms with E-state index in [9.17, 15) is 13.2 Å². The van der Waals surface area contributed by atoms with Crippen molar-refractivity contribution in [3.63, 3.8) is 0 Å². The third-order valence-electron chi connectivity index (χ3n) is 1.46. The summed E-state index contributed by atoms with van der Waals surface area (Å²) >= 11 is 5.13. The molecule has 6 heteroatoms. The standard InChI is InChI=1S/C7H4ClF3O.Li.H/c1-2-4(9)3(8)7(12)6(11)5(2)10;;/h12H,1H3;;. The molecule has 1 N–H and O–H groups in total. The van der Waals surface area contributed by atoms with E-state index < -0.39 is 33.8 Å². The fraction of sp³-hybridized carbons (Fsp3) is 0.143. The first kappa shape index (κ1) is 12.7. The van der Waals surface area contributed by atoms with Gasteiger partial charge in [0.05, 0.1) is 0 Å². The van der Waals surface area contributed by atoms with Crippen LogP contribution in [-0.4, -0.2) is 24.0 Å². The molecule has 0 bridgehead atoms. The van der Waals surface area contributed by atoms with Crippen molar-refractivity contribution >= 4 is 30.5 Å². The molecule has 0 atom stereocenters. The van der Waals surface area contributed by atoms with Gasteiger partial charge in [0.15, 0.2) is 17.4 Å². The molecule has 0 saturated heterocycles. The van der Waals surface area contributed by atoms with Gasteiger partial charge in [-0.2, -0.15) is 4.39 Å². The van der Waals surface area contributed by atoms with E-state index in [2.05, 4.69) is 0 Å². The molecule has 1 aromatic rings. The molecule has 0 aliphatic carbocycles. The number of benzene rings is 1. The second-order valence-corrected chi connectivity index (χ2v) is 2.61. The van der Waals surface area contributed by atoms with Crippen LogP contribution in [0.1, 0.15) is 5.56 Å². The topological polar surface area (TPSA) is 20.2 Å². The Morgan fingerprint density at radius 3 is 2.00 bits per heavy atom. The molecule has 0 saturated carbocycles. The van der Waals surface area contributed by atoms with Gasteiger partial charge in [0.2, 0.25) is 5.82 Å². The van der Waals surface area contributed by atoms with Gasteiger partial charge in [0.1, 0.15) is 5.02 Å². The summed E-state index contributed by atoms with van der Waals surface area (Å²) in [5, 5.41) is 7.91.